The molecule has 5 heteroatoms. The van der Waals surface area contributed by atoms with Gasteiger partial charge in [0.25, 0.3) is 0 Å². The first kappa shape index (κ1) is 16.0. The van der Waals surface area contributed by atoms with Gasteiger partial charge in [0.2, 0.25) is 0 Å². The number of thioether (sulfide) groups is 1. The average molecular weight is 285 g/mol. The molecule has 2 N–H and O–H groups in total. The molecule has 0 aliphatic rings. The van der Waals surface area contributed by atoms with E-state index in [1.54, 1.807) is 18.2 Å². The number of carbonyl (C=O) groups is 1. The molecular weight excluding hydrogens is 265 g/mol. The van der Waals surface area contributed by atoms with Gasteiger partial charge in [0, 0.05) is 22.6 Å². The summed E-state index contributed by atoms with van der Waals surface area (Å²) in [6, 6.07) is 6.51. The molecule has 3 nitrogen and oxygen atoms in total. The summed E-state index contributed by atoms with van der Waals surface area (Å²) in [5, 5.41) is -0.143. The fraction of sp³-hybridized carbons (Fsp3) is 0.500. The minimum Gasteiger partial charge on any atom is -0.469 e. The summed E-state index contributed by atoms with van der Waals surface area (Å²) in [6.07, 6.45) is 1.06. The molecular formula is C14H20FNO2S. The molecule has 0 saturated carbocycles. The van der Waals surface area contributed by atoms with E-state index < -0.39 is 0 Å². The van der Waals surface area contributed by atoms with Crippen molar-refractivity contribution < 1.29 is 13.9 Å². The lowest BCUT2D eigenvalue weighted by atomic mass is 10.0. The van der Waals surface area contributed by atoms with Crippen LogP contribution < -0.4 is 5.73 Å². The molecule has 0 bridgehead atoms. The van der Waals surface area contributed by atoms with Crippen molar-refractivity contribution >= 4 is 17.7 Å². The number of rotatable bonds is 7. The third-order valence-electron chi connectivity index (χ3n) is 2.90. The van der Waals surface area contributed by atoms with E-state index in [1.165, 1.54) is 24.9 Å². The van der Waals surface area contributed by atoms with Crippen molar-refractivity contribution in [2.24, 2.45) is 5.73 Å². The van der Waals surface area contributed by atoms with Crippen LogP contribution in [0.1, 0.15) is 30.6 Å². The lowest BCUT2D eigenvalue weighted by molar-refractivity contribution is -0.140. The van der Waals surface area contributed by atoms with Crippen LogP contribution in [0.3, 0.4) is 0 Å². The number of hydrogen-bond donors (Lipinski definition) is 1. The highest BCUT2D eigenvalue weighted by atomic mass is 32.2. The van der Waals surface area contributed by atoms with Gasteiger partial charge in [-0.15, -0.1) is 0 Å². The lowest BCUT2D eigenvalue weighted by Crippen LogP contribution is -2.26. The number of hydrogen-bond acceptors (Lipinski definition) is 4. The second kappa shape index (κ2) is 8.17. The zero-order valence-electron chi connectivity index (χ0n) is 11.3. The van der Waals surface area contributed by atoms with Gasteiger partial charge in [0.1, 0.15) is 5.82 Å². The normalized spacial score (nSPS) is 13.9. The molecule has 0 aromatic heterocycles. The SMILES string of the molecule is CCC(N)C(SCCC(=O)OC)c1ccccc1F. The molecule has 0 aliphatic carbocycles. The van der Waals surface area contributed by atoms with Crippen LogP contribution in [-0.2, 0) is 9.53 Å². The van der Waals surface area contributed by atoms with Gasteiger partial charge in [-0.2, -0.15) is 11.8 Å². The predicted octanol–water partition coefficient (Wildman–Crippen LogP) is 2.90. The first-order valence-electron chi connectivity index (χ1n) is 6.28. The van der Waals surface area contributed by atoms with E-state index in [1.807, 2.05) is 6.92 Å². The predicted molar refractivity (Wildman–Crippen MR) is 76.5 cm³/mol. The number of esters is 1. The average Bonchev–Trinajstić information content (AvgIpc) is 2.43. The molecule has 0 amide bonds. The molecule has 0 heterocycles. The molecule has 0 aliphatic heterocycles. The van der Waals surface area contributed by atoms with Crippen molar-refractivity contribution in [2.75, 3.05) is 12.9 Å². The van der Waals surface area contributed by atoms with Crippen LogP contribution in [-0.4, -0.2) is 24.9 Å². The molecule has 2 atom stereocenters. The van der Waals surface area contributed by atoms with E-state index in [4.69, 9.17) is 5.73 Å². The highest BCUT2D eigenvalue weighted by molar-refractivity contribution is 7.99. The summed E-state index contributed by atoms with van der Waals surface area (Å²) in [5.41, 5.74) is 6.67. The monoisotopic (exact) mass is 285 g/mol. The summed E-state index contributed by atoms with van der Waals surface area (Å²) in [7, 11) is 1.36. The second-order valence-electron chi connectivity index (χ2n) is 4.21. The Labute approximate surface area is 117 Å². The van der Waals surface area contributed by atoms with E-state index in [-0.39, 0.29) is 23.1 Å². The number of halogens is 1. The Kier molecular flexibility index (Phi) is 6.87. The minimum absolute atomic E-state index is 0.139. The Balaban J connectivity index is 2.73. The third-order valence-corrected chi connectivity index (χ3v) is 4.31. The van der Waals surface area contributed by atoms with Crippen LogP contribution in [0.15, 0.2) is 24.3 Å². The van der Waals surface area contributed by atoms with E-state index in [0.29, 0.717) is 17.7 Å². The van der Waals surface area contributed by atoms with Crippen molar-refractivity contribution in [1.82, 2.24) is 0 Å². The Hall–Kier alpha value is -1.07. The second-order valence-corrected chi connectivity index (χ2v) is 5.46. The largest absolute Gasteiger partial charge is 0.469 e. The third kappa shape index (κ3) is 4.84. The van der Waals surface area contributed by atoms with Crippen molar-refractivity contribution in [3.05, 3.63) is 35.6 Å². The molecule has 1 aromatic carbocycles. The first-order chi connectivity index (χ1) is 9.10. The number of methoxy groups -OCH3 is 1. The zero-order chi connectivity index (χ0) is 14.3. The summed E-state index contributed by atoms with van der Waals surface area (Å²) in [6.45, 7) is 1.97. The van der Waals surface area contributed by atoms with Crippen LogP contribution in [0.5, 0.6) is 0 Å². The van der Waals surface area contributed by atoms with Crippen molar-refractivity contribution in [3.63, 3.8) is 0 Å². The van der Waals surface area contributed by atoms with Crippen LogP contribution in [0.4, 0.5) is 4.39 Å². The van der Waals surface area contributed by atoms with Gasteiger partial charge in [-0.25, -0.2) is 4.39 Å². The molecule has 0 fully saturated rings. The molecule has 106 valence electrons. The Morgan fingerprint density at radius 3 is 2.74 bits per heavy atom. The molecule has 0 spiro atoms. The number of benzene rings is 1. The van der Waals surface area contributed by atoms with Crippen LogP contribution in [0.25, 0.3) is 0 Å². The Morgan fingerprint density at radius 2 is 2.16 bits per heavy atom. The molecule has 0 radical (unpaired) electrons. The highest BCUT2D eigenvalue weighted by Crippen LogP contribution is 2.34. The van der Waals surface area contributed by atoms with E-state index in [0.717, 1.165) is 6.42 Å². The number of ether oxygens (including phenoxy) is 1. The van der Waals surface area contributed by atoms with Gasteiger partial charge < -0.3 is 10.5 Å². The standard InChI is InChI=1S/C14H20FNO2S/c1-3-12(16)14(19-9-8-13(17)18-2)10-6-4-5-7-11(10)15/h4-7,12,14H,3,8-9,16H2,1-2H3. The summed E-state index contributed by atoms with van der Waals surface area (Å²) < 4.78 is 18.4. The molecule has 0 saturated heterocycles. The first-order valence-corrected chi connectivity index (χ1v) is 7.33. The maximum Gasteiger partial charge on any atom is 0.306 e. The summed E-state index contributed by atoms with van der Waals surface area (Å²) >= 11 is 1.50. The van der Waals surface area contributed by atoms with Crippen LogP contribution in [0, 0.1) is 5.82 Å². The van der Waals surface area contributed by atoms with E-state index in [2.05, 4.69) is 4.74 Å². The van der Waals surface area contributed by atoms with Crippen molar-refractivity contribution in [3.8, 4) is 0 Å². The van der Waals surface area contributed by atoms with Crippen molar-refractivity contribution in [2.45, 2.75) is 31.1 Å². The highest BCUT2D eigenvalue weighted by Gasteiger charge is 2.22. The van der Waals surface area contributed by atoms with Gasteiger partial charge in [-0.3, -0.25) is 4.79 Å². The molecule has 19 heavy (non-hydrogen) atoms. The minimum atomic E-state index is -0.259. The van der Waals surface area contributed by atoms with Crippen molar-refractivity contribution in [1.29, 1.82) is 0 Å². The Bertz CT molecular complexity index is 414. The summed E-state index contributed by atoms with van der Waals surface area (Å²) in [5.74, 6) is 0.0613. The lowest BCUT2D eigenvalue weighted by Gasteiger charge is -2.23. The van der Waals surface area contributed by atoms with Gasteiger partial charge in [0.05, 0.1) is 13.5 Å². The molecule has 2 unspecified atom stereocenters. The smallest absolute Gasteiger partial charge is 0.306 e. The fourth-order valence-electron chi connectivity index (χ4n) is 1.74. The van der Waals surface area contributed by atoms with E-state index in [9.17, 15) is 9.18 Å². The topological polar surface area (TPSA) is 52.3 Å². The van der Waals surface area contributed by atoms with Gasteiger partial charge >= 0.3 is 5.97 Å². The molecule has 1 rings (SSSR count). The van der Waals surface area contributed by atoms with E-state index >= 15 is 0 Å². The number of carbonyl (C=O) groups excluding carboxylic acids is 1. The maximum atomic E-state index is 13.8. The van der Waals surface area contributed by atoms with Gasteiger partial charge in [0.15, 0.2) is 0 Å². The van der Waals surface area contributed by atoms with Crippen LogP contribution in [0.2, 0.25) is 0 Å². The summed E-state index contributed by atoms with van der Waals surface area (Å²) in [4.78, 5) is 11.1. The van der Waals surface area contributed by atoms with Gasteiger partial charge in [-0.1, -0.05) is 25.1 Å². The maximum absolute atomic E-state index is 13.8. The fourth-order valence-corrected chi connectivity index (χ4v) is 3.08. The van der Waals surface area contributed by atoms with Crippen LogP contribution >= 0.6 is 11.8 Å². The number of nitrogens with two attached hydrogens (primary N) is 1. The Morgan fingerprint density at radius 1 is 1.47 bits per heavy atom. The quantitative estimate of drug-likeness (QED) is 0.783. The molecule has 1 aromatic rings. The zero-order valence-corrected chi connectivity index (χ0v) is 12.1. The van der Waals surface area contributed by atoms with Gasteiger partial charge in [-0.05, 0) is 12.5 Å².